The number of ether oxygens (including phenoxy) is 2. The average molecular weight is 619 g/mol. The van der Waals surface area contributed by atoms with Gasteiger partial charge in [0.1, 0.15) is 17.2 Å². The molecule has 14 heteroatoms. The van der Waals surface area contributed by atoms with E-state index >= 15 is 0 Å². The van der Waals surface area contributed by atoms with Crippen LogP contribution in [0.15, 0.2) is 36.4 Å². The second-order valence-corrected chi connectivity index (χ2v) is 14.7. The third-order valence-electron chi connectivity index (χ3n) is 6.03. The van der Waals surface area contributed by atoms with Gasteiger partial charge in [0.25, 0.3) is 5.91 Å². The van der Waals surface area contributed by atoms with Crippen LogP contribution in [-0.4, -0.2) is 65.5 Å². The Bertz CT molecular complexity index is 1440. The van der Waals surface area contributed by atoms with Crippen molar-refractivity contribution in [3.63, 3.8) is 0 Å². The Labute approximate surface area is 238 Å². The topological polar surface area (TPSA) is 166 Å². The van der Waals surface area contributed by atoms with E-state index in [1.165, 1.54) is 18.2 Å². The molecule has 2 aromatic carbocycles. The van der Waals surface area contributed by atoms with Crippen LogP contribution in [0, 0.1) is 23.2 Å². The number of nitrogens with two attached hydrogens (primary N) is 1. The first kappa shape index (κ1) is 31.0. The van der Waals surface area contributed by atoms with E-state index in [1.54, 1.807) is 18.2 Å². The molecule has 2 saturated heterocycles. The number of carbonyl (C=O) groups is 1. The van der Waals surface area contributed by atoms with Gasteiger partial charge in [0, 0.05) is 22.7 Å². The molecular weight excluding hydrogens is 589 g/mol. The molecule has 10 nitrogen and oxygen atoms in total. The molecule has 3 N–H and O–H groups in total. The maximum absolute atomic E-state index is 12.0. The van der Waals surface area contributed by atoms with Gasteiger partial charge in [0.15, 0.2) is 26.3 Å². The number of hydrogen-bond donors (Lipinski definition) is 2. The highest BCUT2D eigenvalue weighted by Gasteiger charge is 2.28. The van der Waals surface area contributed by atoms with Crippen LogP contribution < -0.4 is 20.5 Å². The van der Waals surface area contributed by atoms with Crippen molar-refractivity contribution in [3.8, 4) is 23.3 Å². The van der Waals surface area contributed by atoms with Crippen LogP contribution in [0.25, 0.3) is 0 Å². The van der Waals surface area contributed by atoms with Crippen molar-refractivity contribution in [2.45, 2.75) is 12.8 Å². The largest absolute Gasteiger partial charge is 0.484 e. The van der Waals surface area contributed by atoms with E-state index in [4.69, 9.17) is 43.7 Å². The lowest BCUT2D eigenvalue weighted by molar-refractivity contribution is -0.123. The van der Waals surface area contributed by atoms with Gasteiger partial charge in [-0.05, 0) is 61.6 Å². The van der Waals surface area contributed by atoms with Crippen molar-refractivity contribution < 1.29 is 31.1 Å². The standard InChI is InChI=1S/C20H18Cl2N2O5S.C5H11NO2S/c21-15-3-14(9-23)4-18(6-15)29-19-7-16(22)5-17(8-19)28-11-20(25)24-10-13-1-2-30(26,27)12-13;6-3-5-1-2-9(7,8)4-5/h3-8,13H,1-2,10-12H2,(H,24,25);5H,1-4,6H2. The average Bonchev–Trinajstić information content (AvgIpc) is 3.40. The minimum atomic E-state index is -2.98. The number of amides is 1. The number of nitrogens with zero attached hydrogens (tertiary/aromatic N) is 1. The van der Waals surface area contributed by atoms with Crippen LogP contribution in [0.2, 0.25) is 10.0 Å². The van der Waals surface area contributed by atoms with E-state index in [1.807, 2.05) is 6.07 Å². The Morgan fingerprint density at radius 3 is 2.03 bits per heavy atom. The van der Waals surface area contributed by atoms with Crippen LogP contribution in [0.3, 0.4) is 0 Å². The predicted octanol–water partition coefficient (Wildman–Crippen LogP) is 2.97. The van der Waals surface area contributed by atoms with Gasteiger partial charge in [-0.25, -0.2) is 16.8 Å². The summed E-state index contributed by atoms with van der Waals surface area (Å²) in [5.41, 5.74) is 5.64. The summed E-state index contributed by atoms with van der Waals surface area (Å²) in [6, 6.07) is 11.2. The second-order valence-electron chi connectivity index (χ2n) is 9.38. The number of sulfone groups is 2. The number of rotatable bonds is 8. The highest BCUT2D eigenvalue weighted by atomic mass is 35.5. The fourth-order valence-electron chi connectivity index (χ4n) is 4.05. The summed E-state index contributed by atoms with van der Waals surface area (Å²) < 4.78 is 55.6. The Kier molecular flexibility index (Phi) is 10.9. The predicted molar refractivity (Wildman–Crippen MR) is 149 cm³/mol. The molecule has 2 aliphatic heterocycles. The van der Waals surface area contributed by atoms with Crippen molar-refractivity contribution in [1.29, 1.82) is 5.26 Å². The molecule has 39 heavy (non-hydrogen) atoms. The van der Waals surface area contributed by atoms with Gasteiger partial charge in [0.05, 0.1) is 34.6 Å². The lowest BCUT2D eigenvalue weighted by Gasteiger charge is -2.12. The van der Waals surface area contributed by atoms with Crippen LogP contribution in [0.1, 0.15) is 18.4 Å². The lowest BCUT2D eigenvalue weighted by atomic mass is 10.1. The molecule has 212 valence electrons. The first-order valence-corrected chi connectivity index (χ1v) is 16.5. The second kappa shape index (κ2) is 13.7. The highest BCUT2D eigenvalue weighted by Crippen LogP contribution is 2.31. The smallest absolute Gasteiger partial charge is 0.257 e. The molecule has 2 aliphatic rings. The molecule has 2 unspecified atom stereocenters. The van der Waals surface area contributed by atoms with Crippen LogP contribution in [0.4, 0.5) is 0 Å². The van der Waals surface area contributed by atoms with E-state index in [-0.39, 0.29) is 35.9 Å². The summed E-state index contributed by atoms with van der Waals surface area (Å²) in [5.74, 6) is 1.73. The molecule has 2 atom stereocenters. The van der Waals surface area contributed by atoms with Crippen LogP contribution in [-0.2, 0) is 24.5 Å². The molecule has 0 saturated carbocycles. The maximum Gasteiger partial charge on any atom is 0.257 e. The van der Waals surface area contributed by atoms with Gasteiger partial charge in [0.2, 0.25) is 0 Å². The first-order valence-electron chi connectivity index (χ1n) is 12.1. The van der Waals surface area contributed by atoms with Crippen molar-refractivity contribution in [2.24, 2.45) is 17.6 Å². The van der Waals surface area contributed by atoms with Gasteiger partial charge in [-0.15, -0.1) is 0 Å². The molecule has 0 aliphatic carbocycles. The molecule has 0 bridgehead atoms. The summed E-state index contributed by atoms with van der Waals surface area (Å²) in [7, 11) is -5.67. The molecule has 2 fully saturated rings. The van der Waals surface area contributed by atoms with Gasteiger partial charge in [-0.3, -0.25) is 4.79 Å². The number of halogens is 2. The molecule has 2 aromatic rings. The van der Waals surface area contributed by atoms with E-state index in [0.717, 1.165) is 6.42 Å². The van der Waals surface area contributed by atoms with Crippen LogP contribution in [0.5, 0.6) is 17.2 Å². The molecular formula is C25H29Cl2N3O7S2. The number of nitrogens with one attached hydrogen (secondary N) is 1. The lowest BCUT2D eigenvalue weighted by Crippen LogP contribution is -2.33. The number of hydrogen-bond acceptors (Lipinski definition) is 9. The minimum absolute atomic E-state index is 0.0684. The maximum atomic E-state index is 12.0. The minimum Gasteiger partial charge on any atom is -0.484 e. The fraction of sp³-hybridized carbons (Fsp3) is 0.440. The normalized spacial score (nSPS) is 20.8. The molecule has 0 spiro atoms. The van der Waals surface area contributed by atoms with E-state index in [2.05, 4.69) is 5.32 Å². The summed E-state index contributed by atoms with van der Waals surface area (Å²) in [6.45, 7) is 0.551. The third kappa shape index (κ3) is 10.5. The highest BCUT2D eigenvalue weighted by molar-refractivity contribution is 7.91. The Balaban J connectivity index is 0.000000395. The summed E-state index contributed by atoms with van der Waals surface area (Å²) in [6.07, 6.45) is 1.31. The number of benzene rings is 2. The molecule has 0 radical (unpaired) electrons. The monoisotopic (exact) mass is 617 g/mol. The Hall–Kier alpha value is -2.56. The first-order chi connectivity index (χ1) is 18.4. The van der Waals surface area contributed by atoms with Gasteiger partial charge in [-0.2, -0.15) is 5.26 Å². The SMILES string of the molecule is N#Cc1cc(Cl)cc(Oc2cc(Cl)cc(OCC(=O)NCC3CCS(=O)(=O)C3)c2)c1.NCC1CCS(=O)(=O)C1. The summed E-state index contributed by atoms with van der Waals surface area (Å²) in [4.78, 5) is 12.0. The molecule has 0 aromatic heterocycles. The number of nitriles is 1. The van der Waals surface area contributed by atoms with Gasteiger partial charge in [-0.1, -0.05) is 23.2 Å². The quantitative estimate of drug-likeness (QED) is 0.452. The van der Waals surface area contributed by atoms with Crippen molar-refractivity contribution in [1.82, 2.24) is 5.32 Å². The molecule has 1 amide bonds. The third-order valence-corrected chi connectivity index (χ3v) is 10.1. The fourth-order valence-corrected chi connectivity index (χ4v) is 8.23. The van der Waals surface area contributed by atoms with Gasteiger partial charge >= 0.3 is 0 Å². The zero-order valence-electron chi connectivity index (χ0n) is 20.9. The van der Waals surface area contributed by atoms with E-state index < -0.39 is 19.7 Å². The van der Waals surface area contributed by atoms with E-state index in [0.29, 0.717) is 63.9 Å². The zero-order valence-corrected chi connectivity index (χ0v) is 24.1. The Morgan fingerprint density at radius 1 is 0.923 bits per heavy atom. The summed E-state index contributed by atoms with van der Waals surface area (Å²) >= 11 is 12.1. The molecule has 4 rings (SSSR count). The van der Waals surface area contributed by atoms with Crippen molar-refractivity contribution in [2.75, 3.05) is 42.7 Å². The van der Waals surface area contributed by atoms with Crippen LogP contribution >= 0.6 is 23.2 Å². The van der Waals surface area contributed by atoms with Crippen molar-refractivity contribution in [3.05, 3.63) is 52.0 Å². The molecule has 2 heterocycles. The van der Waals surface area contributed by atoms with Crippen molar-refractivity contribution >= 4 is 48.8 Å². The van der Waals surface area contributed by atoms with Gasteiger partial charge < -0.3 is 20.5 Å². The number of carbonyl (C=O) groups excluding carboxylic acids is 1. The summed E-state index contributed by atoms with van der Waals surface area (Å²) in [5, 5.41) is 12.4. The zero-order chi connectivity index (χ0) is 28.6. The Morgan fingerprint density at radius 2 is 1.49 bits per heavy atom. The van der Waals surface area contributed by atoms with E-state index in [9.17, 15) is 21.6 Å².